The molecule has 122 valence electrons. The second-order valence-corrected chi connectivity index (χ2v) is 11.4. The maximum atomic E-state index is 2.54. The second kappa shape index (κ2) is 7.63. The van der Waals surface area contributed by atoms with Gasteiger partial charge in [-0.1, -0.05) is 115 Å². The van der Waals surface area contributed by atoms with Crippen molar-refractivity contribution < 1.29 is 0 Å². The van der Waals surface area contributed by atoms with Gasteiger partial charge in [-0.3, -0.25) is 0 Å². The Hall–Kier alpha value is -2.12. The van der Waals surface area contributed by atoms with Gasteiger partial charge >= 0.3 is 0 Å². The molecular formula is C23H26Si. The summed E-state index contributed by atoms with van der Waals surface area (Å²) in [5.41, 5.74) is 2.13. The van der Waals surface area contributed by atoms with Gasteiger partial charge in [0.15, 0.2) is 0 Å². The number of aryl methyl sites for hydroxylation is 1. The first-order valence-corrected chi connectivity index (χ1v) is 11.4. The number of rotatable bonds is 6. The first kappa shape index (κ1) is 16.7. The molecule has 0 saturated carbocycles. The molecule has 3 rings (SSSR count). The highest BCUT2D eigenvalue weighted by molar-refractivity contribution is 7.02. The van der Waals surface area contributed by atoms with E-state index in [2.05, 4.69) is 104 Å². The smallest absolute Gasteiger partial charge is 0.0643 e. The fourth-order valence-corrected chi connectivity index (χ4v) is 7.58. The molecule has 3 aromatic rings. The minimum atomic E-state index is -1.76. The molecule has 0 fully saturated rings. The molecule has 24 heavy (non-hydrogen) atoms. The maximum absolute atomic E-state index is 2.54. The fraction of sp³-hybridized carbons (Fsp3) is 0.217. The van der Waals surface area contributed by atoms with Gasteiger partial charge in [-0.15, -0.1) is 0 Å². The predicted molar refractivity (Wildman–Crippen MR) is 108 cm³/mol. The van der Waals surface area contributed by atoms with Crippen LogP contribution in [0, 0.1) is 0 Å². The Morgan fingerprint density at radius 1 is 0.667 bits per heavy atom. The first-order chi connectivity index (χ1) is 11.7. The summed E-state index contributed by atoms with van der Waals surface area (Å²) in [5, 5.41) is 3.08. The van der Waals surface area contributed by atoms with Crippen LogP contribution in [0.1, 0.15) is 18.9 Å². The van der Waals surface area contributed by atoms with E-state index in [1.165, 1.54) is 22.4 Å². The van der Waals surface area contributed by atoms with Crippen LogP contribution in [0.2, 0.25) is 12.1 Å². The van der Waals surface area contributed by atoms with E-state index >= 15 is 0 Å². The third-order valence-corrected chi connectivity index (χ3v) is 10.8. The fourth-order valence-electron chi connectivity index (χ4n) is 3.62. The van der Waals surface area contributed by atoms with Gasteiger partial charge in [0.1, 0.15) is 8.07 Å². The SMILES string of the molecule is CC(CCc1ccccc1)[Si](C)(c1ccccc1)c1ccccc1. The Balaban J connectivity index is 1.90. The summed E-state index contributed by atoms with van der Waals surface area (Å²) >= 11 is 0. The molecule has 0 radical (unpaired) electrons. The van der Waals surface area contributed by atoms with Crippen molar-refractivity contribution in [2.75, 3.05) is 0 Å². The summed E-state index contributed by atoms with van der Waals surface area (Å²) < 4.78 is 0. The molecule has 0 N–H and O–H groups in total. The lowest BCUT2D eigenvalue weighted by molar-refractivity contribution is 0.773. The molecule has 0 aromatic heterocycles. The molecule has 0 bridgehead atoms. The molecule has 0 nitrogen and oxygen atoms in total. The average molecular weight is 331 g/mol. The van der Waals surface area contributed by atoms with E-state index in [4.69, 9.17) is 0 Å². The molecule has 0 spiro atoms. The lowest BCUT2D eigenvalue weighted by Crippen LogP contribution is -2.58. The molecular weight excluding hydrogens is 304 g/mol. The maximum Gasteiger partial charge on any atom is 0.117 e. The number of hydrogen-bond acceptors (Lipinski definition) is 0. The Kier molecular flexibility index (Phi) is 5.32. The lowest BCUT2D eigenvalue weighted by Gasteiger charge is -2.35. The summed E-state index contributed by atoms with van der Waals surface area (Å²) in [6.07, 6.45) is 2.39. The monoisotopic (exact) mass is 330 g/mol. The number of hydrogen-bond donors (Lipinski definition) is 0. The summed E-state index contributed by atoms with van der Waals surface area (Å²) in [6.45, 7) is 4.99. The van der Waals surface area contributed by atoms with E-state index in [1.54, 1.807) is 0 Å². The van der Waals surface area contributed by atoms with Crippen LogP contribution >= 0.6 is 0 Å². The van der Waals surface area contributed by atoms with Crippen LogP contribution in [0.25, 0.3) is 0 Å². The molecule has 0 amide bonds. The average Bonchev–Trinajstić information content (AvgIpc) is 2.67. The highest BCUT2D eigenvalue weighted by atomic mass is 28.3. The Morgan fingerprint density at radius 3 is 1.54 bits per heavy atom. The highest BCUT2D eigenvalue weighted by Gasteiger charge is 2.37. The standard InChI is InChI=1S/C23H26Si/c1-20(18-19-21-12-6-3-7-13-21)24(2,22-14-8-4-9-15-22)23-16-10-5-11-17-23/h3-17,20H,18-19H2,1-2H3. The van der Waals surface area contributed by atoms with Gasteiger partial charge in [0.2, 0.25) is 0 Å². The summed E-state index contributed by atoms with van der Waals surface area (Å²) in [7, 11) is -1.76. The van der Waals surface area contributed by atoms with E-state index < -0.39 is 8.07 Å². The van der Waals surface area contributed by atoms with Gasteiger partial charge in [0.25, 0.3) is 0 Å². The zero-order valence-electron chi connectivity index (χ0n) is 14.7. The molecule has 1 unspecified atom stereocenters. The van der Waals surface area contributed by atoms with Crippen molar-refractivity contribution in [1.82, 2.24) is 0 Å². The predicted octanol–water partition coefficient (Wildman–Crippen LogP) is 4.90. The third kappa shape index (κ3) is 3.52. The quantitative estimate of drug-likeness (QED) is 0.564. The van der Waals surface area contributed by atoms with E-state index in [0.29, 0.717) is 5.54 Å². The van der Waals surface area contributed by atoms with E-state index in [-0.39, 0.29) is 0 Å². The van der Waals surface area contributed by atoms with Crippen molar-refractivity contribution in [3.05, 3.63) is 96.6 Å². The topological polar surface area (TPSA) is 0 Å². The molecule has 3 aromatic carbocycles. The minimum Gasteiger partial charge on any atom is -0.0643 e. The Morgan fingerprint density at radius 2 is 1.08 bits per heavy atom. The van der Waals surface area contributed by atoms with Gasteiger partial charge < -0.3 is 0 Å². The van der Waals surface area contributed by atoms with Gasteiger partial charge in [-0.25, -0.2) is 0 Å². The van der Waals surface area contributed by atoms with Crippen LogP contribution in [-0.2, 0) is 6.42 Å². The molecule has 0 aliphatic heterocycles. The van der Waals surface area contributed by atoms with E-state index in [9.17, 15) is 0 Å². The van der Waals surface area contributed by atoms with E-state index in [1.807, 2.05) is 0 Å². The van der Waals surface area contributed by atoms with Crippen molar-refractivity contribution in [2.45, 2.75) is 31.9 Å². The Labute approximate surface area is 147 Å². The van der Waals surface area contributed by atoms with Crippen LogP contribution in [0.3, 0.4) is 0 Å². The molecule has 0 aliphatic rings. The third-order valence-electron chi connectivity index (χ3n) is 5.44. The van der Waals surface area contributed by atoms with Crippen LogP contribution in [0.15, 0.2) is 91.0 Å². The first-order valence-electron chi connectivity index (χ1n) is 8.86. The minimum absolute atomic E-state index is 0.683. The normalized spacial score (nSPS) is 12.8. The second-order valence-electron chi connectivity index (χ2n) is 6.86. The summed E-state index contributed by atoms with van der Waals surface area (Å²) in [5.74, 6) is 0. The van der Waals surface area contributed by atoms with Crippen molar-refractivity contribution in [3.63, 3.8) is 0 Å². The van der Waals surface area contributed by atoms with Crippen molar-refractivity contribution >= 4 is 18.4 Å². The summed E-state index contributed by atoms with van der Waals surface area (Å²) in [6, 6.07) is 33.2. The van der Waals surface area contributed by atoms with Gasteiger partial charge in [-0.2, -0.15) is 0 Å². The molecule has 0 aliphatic carbocycles. The van der Waals surface area contributed by atoms with Crippen LogP contribution in [-0.4, -0.2) is 8.07 Å². The molecule has 1 heteroatoms. The largest absolute Gasteiger partial charge is 0.117 e. The van der Waals surface area contributed by atoms with Gasteiger partial charge in [-0.05, 0) is 23.9 Å². The van der Waals surface area contributed by atoms with Crippen LogP contribution in [0.4, 0.5) is 0 Å². The summed E-state index contributed by atoms with van der Waals surface area (Å²) in [4.78, 5) is 0. The van der Waals surface area contributed by atoms with Crippen molar-refractivity contribution in [3.8, 4) is 0 Å². The highest BCUT2D eigenvalue weighted by Crippen LogP contribution is 2.27. The Bertz CT molecular complexity index is 695. The zero-order valence-corrected chi connectivity index (χ0v) is 15.7. The van der Waals surface area contributed by atoms with Crippen LogP contribution in [0.5, 0.6) is 0 Å². The van der Waals surface area contributed by atoms with Crippen LogP contribution < -0.4 is 10.4 Å². The van der Waals surface area contributed by atoms with Crippen molar-refractivity contribution in [1.29, 1.82) is 0 Å². The van der Waals surface area contributed by atoms with E-state index in [0.717, 1.165) is 6.42 Å². The van der Waals surface area contributed by atoms with Gasteiger partial charge in [0.05, 0.1) is 0 Å². The van der Waals surface area contributed by atoms with Crippen molar-refractivity contribution in [2.24, 2.45) is 0 Å². The molecule has 0 heterocycles. The lowest BCUT2D eigenvalue weighted by atomic mass is 10.1. The molecule has 0 saturated heterocycles. The molecule has 1 atom stereocenters. The number of benzene rings is 3. The van der Waals surface area contributed by atoms with Gasteiger partial charge in [0, 0.05) is 0 Å². The zero-order chi connectivity index (χ0) is 16.8.